The molecular weight excluding hydrogens is 557 g/mol. The molecule has 0 aromatic heterocycles. The minimum Gasteiger partial charge on any atom is -0.352 e. The molecule has 0 heterocycles. The molecule has 3 rings (SSSR count). The Labute approximate surface area is 240 Å². The number of halogens is 2. The van der Waals surface area contributed by atoms with Crippen molar-refractivity contribution >= 4 is 50.7 Å². The number of benzene rings is 3. The molecule has 0 aliphatic heterocycles. The largest absolute Gasteiger partial charge is 0.352 e. The average Bonchev–Trinajstić information content (AvgIpc) is 2.92. The van der Waals surface area contributed by atoms with Crippen molar-refractivity contribution < 1.29 is 18.0 Å². The highest BCUT2D eigenvalue weighted by Gasteiger charge is 2.33. The molecule has 2 atom stereocenters. The van der Waals surface area contributed by atoms with Crippen molar-refractivity contribution in [3.63, 3.8) is 0 Å². The van der Waals surface area contributed by atoms with Crippen LogP contribution in [0, 0.1) is 6.92 Å². The van der Waals surface area contributed by atoms with Gasteiger partial charge in [0.1, 0.15) is 12.6 Å². The summed E-state index contributed by atoms with van der Waals surface area (Å²) in [5.41, 5.74) is 1.49. The van der Waals surface area contributed by atoms with Gasteiger partial charge in [-0.2, -0.15) is 0 Å². The third-order valence-electron chi connectivity index (χ3n) is 6.53. The molecule has 2 amide bonds. The van der Waals surface area contributed by atoms with E-state index < -0.39 is 28.5 Å². The number of hydrogen-bond donors (Lipinski definition) is 1. The van der Waals surface area contributed by atoms with Gasteiger partial charge >= 0.3 is 0 Å². The Morgan fingerprint density at radius 3 is 2.26 bits per heavy atom. The Morgan fingerprint density at radius 2 is 1.62 bits per heavy atom. The summed E-state index contributed by atoms with van der Waals surface area (Å²) in [4.78, 5) is 28.5. The summed E-state index contributed by atoms with van der Waals surface area (Å²) >= 11 is 12.5. The molecule has 39 heavy (non-hydrogen) atoms. The van der Waals surface area contributed by atoms with Gasteiger partial charge in [0.25, 0.3) is 10.0 Å². The lowest BCUT2D eigenvalue weighted by atomic mass is 10.1. The lowest BCUT2D eigenvalue weighted by Crippen LogP contribution is -2.52. The van der Waals surface area contributed by atoms with Crippen LogP contribution in [0.4, 0.5) is 5.69 Å². The fourth-order valence-corrected chi connectivity index (χ4v) is 5.85. The Hall–Kier alpha value is -3.07. The second kappa shape index (κ2) is 13.3. The monoisotopic (exact) mass is 589 g/mol. The third kappa shape index (κ3) is 7.53. The predicted octanol–water partition coefficient (Wildman–Crippen LogP) is 5.83. The van der Waals surface area contributed by atoms with Crippen LogP contribution in [0.15, 0.2) is 77.7 Å². The van der Waals surface area contributed by atoms with E-state index in [2.05, 4.69) is 5.32 Å². The van der Waals surface area contributed by atoms with Crippen molar-refractivity contribution in [2.45, 2.75) is 57.6 Å². The summed E-state index contributed by atoms with van der Waals surface area (Å²) in [6, 6.07) is 18.8. The first-order chi connectivity index (χ1) is 18.4. The Balaban J connectivity index is 2.06. The van der Waals surface area contributed by atoms with Crippen LogP contribution in [0.25, 0.3) is 0 Å². The molecule has 3 aromatic carbocycles. The van der Waals surface area contributed by atoms with Crippen molar-refractivity contribution in [1.29, 1.82) is 0 Å². The zero-order valence-corrected chi connectivity index (χ0v) is 24.7. The van der Waals surface area contributed by atoms with Crippen LogP contribution in [0.3, 0.4) is 0 Å². The van der Waals surface area contributed by atoms with Crippen molar-refractivity contribution in [3.8, 4) is 0 Å². The summed E-state index contributed by atoms with van der Waals surface area (Å²) in [5.74, 6) is -0.892. The van der Waals surface area contributed by atoms with E-state index in [0.717, 1.165) is 10.7 Å². The lowest BCUT2D eigenvalue weighted by Gasteiger charge is -2.33. The van der Waals surface area contributed by atoms with E-state index in [0.29, 0.717) is 21.2 Å². The first-order valence-electron chi connectivity index (χ1n) is 12.6. The number of carbonyl (C=O) groups excluding carboxylic acids is 2. The third-order valence-corrected chi connectivity index (χ3v) is 8.95. The summed E-state index contributed by atoms with van der Waals surface area (Å²) in [6.45, 7) is 6.67. The maximum absolute atomic E-state index is 14.0. The molecule has 7 nitrogen and oxygen atoms in total. The van der Waals surface area contributed by atoms with Crippen LogP contribution >= 0.6 is 23.2 Å². The maximum Gasteiger partial charge on any atom is 0.264 e. The molecule has 10 heteroatoms. The SMILES string of the molecule is CCC(C)NC(=O)C(C)N(Cc1cccc(Cl)c1)C(=O)CN(c1cccc(Cl)c1C)S(=O)(=O)c1ccccc1. The van der Waals surface area contributed by atoms with Gasteiger partial charge in [0.2, 0.25) is 11.8 Å². The van der Waals surface area contributed by atoms with Gasteiger partial charge in [0.05, 0.1) is 10.6 Å². The van der Waals surface area contributed by atoms with Gasteiger partial charge < -0.3 is 10.2 Å². The van der Waals surface area contributed by atoms with Crippen molar-refractivity contribution in [1.82, 2.24) is 10.2 Å². The zero-order chi connectivity index (χ0) is 28.7. The van der Waals surface area contributed by atoms with Crippen LogP contribution in [-0.4, -0.2) is 43.8 Å². The molecule has 0 spiro atoms. The fraction of sp³-hybridized carbons (Fsp3) is 0.310. The number of anilines is 1. The number of hydrogen-bond acceptors (Lipinski definition) is 4. The molecule has 0 radical (unpaired) electrons. The second-order valence-corrected chi connectivity index (χ2v) is 12.1. The zero-order valence-electron chi connectivity index (χ0n) is 22.4. The van der Waals surface area contributed by atoms with Gasteiger partial charge in [-0.1, -0.05) is 66.5 Å². The molecule has 2 unspecified atom stereocenters. The number of nitrogens with one attached hydrogen (secondary N) is 1. The normalized spacial score (nSPS) is 12.9. The van der Waals surface area contributed by atoms with E-state index in [1.807, 2.05) is 13.8 Å². The number of sulfonamides is 1. The van der Waals surface area contributed by atoms with E-state index in [9.17, 15) is 18.0 Å². The smallest absolute Gasteiger partial charge is 0.264 e. The van der Waals surface area contributed by atoms with Crippen LogP contribution in [0.2, 0.25) is 10.0 Å². The summed E-state index contributed by atoms with van der Waals surface area (Å²) in [7, 11) is -4.16. The summed E-state index contributed by atoms with van der Waals surface area (Å²) in [6.07, 6.45) is 0.720. The molecular formula is C29H33Cl2N3O4S. The molecule has 0 bridgehead atoms. The minimum atomic E-state index is -4.16. The van der Waals surface area contributed by atoms with Crippen LogP contribution in [-0.2, 0) is 26.2 Å². The van der Waals surface area contributed by atoms with Gasteiger partial charge in [-0.3, -0.25) is 13.9 Å². The number of amides is 2. The second-order valence-electron chi connectivity index (χ2n) is 9.35. The molecule has 208 valence electrons. The number of carbonyl (C=O) groups is 2. The van der Waals surface area contributed by atoms with E-state index in [-0.39, 0.29) is 29.1 Å². The van der Waals surface area contributed by atoms with E-state index >= 15 is 0 Å². The van der Waals surface area contributed by atoms with Gasteiger partial charge in [0.15, 0.2) is 0 Å². The minimum absolute atomic E-state index is 0.0288. The fourth-order valence-electron chi connectivity index (χ4n) is 3.98. The standard InChI is InChI=1S/C29H33Cl2N3O4S/c1-5-20(2)32-29(36)22(4)33(18-23-11-9-12-24(30)17-23)28(35)19-34(27-16-10-15-26(31)21(27)3)39(37,38)25-13-7-6-8-14-25/h6-17,20,22H,5,18-19H2,1-4H3,(H,32,36). The van der Waals surface area contributed by atoms with Crippen LogP contribution in [0.5, 0.6) is 0 Å². The first-order valence-corrected chi connectivity index (χ1v) is 14.8. The van der Waals surface area contributed by atoms with E-state index in [4.69, 9.17) is 23.2 Å². The molecule has 1 N–H and O–H groups in total. The maximum atomic E-state index is 14.0. The first kappa shape index (κ1) is 30.5. The van der Waals surface area contributed by atoms with Gasteiger partial charge in [-0.25, -0.2) is 8.42 Å². The van der Waals surface area contributed by atoms with Gasteiger partial charge in [-0.15, -0.1) is 0 Å². The Kier molecular flexibility index (Phi) is 10.4. The van der Waals surface area contributed by atoms with Gasteiger partial charge in [-0.05, 0) is 74.7 Å². The molecule has 3 aromatic rings. The van der Waals surface area contributed by atoms with Crippen molar-refractivity contribution in [2.24, 2.45) is 0 Å². The van der Waals surface area contributed by atoms with E-state index in [1.54, 1.807) is 74.5 Å². The quantitative estimate of drug-likeness (QED) is 0.305. The molecule has 0 aliphatic rings. The van der Waals surface area contributed by atoms with Gasteiger partial charge in [0, 0.05) is 22.6 Å². The summed E-state index contributed by atoms with van der Waals surface area (Å²) in [5, 5.41) is 3.76. The van der Waals surface area contributed by atoms with Crippen molar-refractivity contribution in [3.05, 3.63) is 94.0 Å². The van der Waals surface area contributed by atoms with Crippen molar-refractivity contribution in [2.75, 3.05) is 10.8 Å². The lowest BCUT2D eigenvalue weighted by molar-refractivity contribution is -0.139. The molecule has 0 saturated heterocycles. The Bertz CT molecular complexity index is 1420. The van der Waals surface area contributed by atoms with E-state index in [1.165, 1.54) is 17.0 Å². The highest BCUT2D eigenvalue weighted by molar-refractivity contribution is 7.92. The average molecular weight is 591 g/mol. The van der Waals surface area contributed by atoms with Crippen LogP contribution in [0.1, 0.15) is 38.3 Å². The van der Waals surface area contributed by atoms with Crippen LogP contribution < -0.4 is 9.62 Å². The Morgan fingerprint density at radius 1 is 0.949 bits per heavy atom. The predicted molar refractivity (Wildman–Crippen MR) is 157 cm³/mol. The number of nitrogens with zero attached hydrogens (tertiary/aromatic N) is 2. The highest BCUT2D eigenvalue weighted by Crippen LogP contribution is 2.31. The molecule has 0 aliphatic carbocycles. The highest BCUT2D eigenvalue weighted by atomic mass is 35.5. The topological polar surface area (TPSA) is 86.8 Å². The molecule has 0 fully saturated rings. The molecule has 0 saturated carbocycles. The summed E-state index contributed by atoms with van der Waals surface area (Å²) < 4.78 is 28.8. The number of rotatable bonds is 11.